The molecule has 0 aliphatic rings. The van der Waals surface area contributed by atoms with Crippen molar-refractivity contribution < 1.29 is 4.79 Å². The second-order valence-corrected chi connectivity index (χ2v) is 6.82. The van der Waals surface area contributed by atoms with E-state index in [1.807, 2.05) is 37.3 Å². The highest BCUT2D eigenvalue weighted by Gasteiger charge is 2.16. The van der Waals surface area contributed by atoms with Crippen molar-refractivity contribution in [3.05, 3.63) is 70.4 Å². The third-order valence-electron chi connectivity index (χ3n) is 4.84. The number of amides is 1. The number of carbonyl (C=O) groups is 1. The average Bonchev–Trinajstić information content (AvgIpc) is 2.73. The third kappa shape index (κ3) is 4.44. The predicted octanol–water partition coefficient (Wildman–Crippen LogP) is 3.03. The van der Waals surface area contributed by atoms with E-state index in [9.17, 15) is 9.59 Å². The standard InChI is InChI=1S/C22H26N4O2/c1-3-5-13-25(4-2)21(27)16-26-22(28)19-11-7-6-10-18(19)20(24-26)14-17-9-8-12-23-15-17/h6-12,15H,3-5,13-14,16H2,1-2H3. The summed E-state index contributed by atoms with van der Waals surface area (Å²) in [6, 6.07) is 11.3. The molecule has 0 saturated carbocycles. The molecule has 28 heavy (non-hydrogen) atoms. The summed E-state index contributed by atoms with van der Waals surface area (Å²) in [6.45, 7) is 5.35. The molecule has 2 aromatic heterocycles. The maximum absolute atomic E-state index is 12.9. The highest BCUT2D eigenvalue weighted by molar-refractivity contribution is 5.84. The number of hydrogen-bond donors (Lipinski definition) is 0. The number of benzene rings is 1. The molecule has 0 unspecified atom stereocenters. The van der Waals surface area contributed by atoms with Gasteiger partial charge < -0.3 is 4.90 Å². The normalized spacial score (nSPS) is 10.9. The van der Waals surface area contributed by atoms with Crippen molar-refractivity contribution >= 4 is 16.7 Å². The molecule has 1 amide bonds. The number of unbranched alkanes of at least 4 members (excludes halogenated alkanes) is 1. The van der Waals surface area contributed by atoms with E-state index in [-0.39, 0.29) is 18.0 Å². The van der Waals surface area contributed by atoms with E-state index in [0.717, 1.165) is 29.5 Å². The quantitative estimate of drug-likeness (QED) is 0.604. The number of carbonyl (C=O) groups excluding carboxylic acids is 1. The van der Waals surface area contributed by atoms with Gasteiger partial charge in [-0.2, -0.15) is 5.10 Å². The summed E-state index contributed by atoms with van der Waals surface area (Å²) in [5.74, 6) is -0.0758. The molecule has 0 saturated heterocycles. The minimum atomic E-state index is -0.231. The Bertz CT molecular complexity index is 998. The van der Waals surface area contributed by atoms with Crippen LogP contribution in [0.15, 0.2) is 53.6 Å². The van der Waals surface area contributed by atoms with E-state index in [4.69, 9.17) is 0 Å². The Labute approximate surface area is 164 Å². The molecule has 3 aromatic rings. The molecule has 0 atom stereocenters. The van der Waals surface area contributed by atoms with Gasteiger partial charge in [0.05, 0.1) is 11.1 Å². The van der Waals surface area contributed by atoms with E-state index < -0.39 is 0 Å². The monoisotopic (exact) mass is 378 g/mol. The van der Waals surface area contributed by atoms with Crippen LogP contribution in [0.3, 0.4) is 0 Å². The zero-order valence-electron chi connectivity index (χ0n) is 16.5. The minimum absolute atomic E-state index is 0.0404. The van der Waals surface area contributed by atoms with Crippen molar-refractivity contribution in [3.8, 4) is 0 Å². The molecule has 0 fully saturated rings. The first-order valence-electron chi connectivity index (χ1n) is 9.79. The molecule has 3 rings (SSSR count). The van der Waals surface area contributed by atoms with Gasteiger partial charge in [0.25, 0.3) is 5.56 Å². The van der Waals surface area contributed by atoms with Crippen LogP contribution in [0, 0.1) is 0 Å². The Morgan fingerprint density at radius 2 is 1.89 bits per heavy atom. The van der Waals surface area contributed by atoms with Crippen LogP contribution in [0.5, 0.6) is 0 Å². The molecule has 0 aliphatic carbocycles. The van der Waals surface area contributed by atoms with E-state index in [0.29, 0.717) is 24.9 Å². The molecule has 0 bridgehead atoms. The molecular weight excluding hydrogens is 352 g/mol. The zero-order valence-corrected chi connectivity index (χ0v) is 16.5. The Morgan fingerprint density at radius 1 is 1.11 bits per heavy atom. The Hall–Kier alpha value is -3.02. The summed E-state index contributed by atoms with van der Waals surface area (Å²) in [7, 11) is 0. The highest BCUT2D eigenvalue weighted by atomic mass is 16.2. The number of pyridine rings is 1. The van der Waals surface area contributed by atoms with Crippen molar-refractivity contribution in [3.63, 3.8) is 0 Å². The molecule has 6 nitrogen and oxygen atoms in total. The molecule has 2 heterocycles. The zero-order chi connectivity index (χ0) is 19.9. The van der Waals surface area contributed by atoms with Gasteiger partial charge in [-0.05, 0) is 31.0 Å². The van der Waals surface area contributed by atoms with E-state index in [2.05, 4.69) is 17.0 Å². The van der Waals surface area contributed by atoms with E-state index in [1.54, 1.807) is 23.4 Å². The van der Waals surface area contributed by atoms with Gasteiger partial charge in [0.1, 0.15) is 6.54 Å². The van der Waals surface area contributed by atoms with Crippen molar-refractivity contribution in [2.45, 2.75) is 39.7 Å². The molecule has 146 valence electrons. The highest BCUT2D eigenvalue weighted by Crippen LogP contribution is 2.16. The fourth-order valence-electron chi connectivity index (χ4n) is 3.28. The number of aromatic nitrogens is 3. The van der Waals surface area contributed by atoms with Crippen molar-refractivity contribution in [2.24, 2.45) is 0 Å². The van der Waals surface area contributed by atoms with Crippen LogP contribution in [0.25, 0.3) is 10.8 Å². The molecule has 0 radical (unpaired) electrons. The lowest BCUT2D eigenvalue weighted by Gasteiger charge is -2.21. The maximum atomic E-state index is 12.9. The smallest absolute Gasteiger partial charge is 0.275 e. The number of nitrogens with zero attached hydrogens (tertiary/aromatic N) is 4. The lowest BCUT2D eigenvalue weighted by molar-refractivity contribution is -0.132. The summed E-state index contributed by atoms with van der Waals surface area (Å²) in [5.41, 5.74) is 1.55. The summed E-state index contributed by atoms with van der Waals surface area (Å²) >= 11 is 0. The molecule has 1 aromatic carbocycles. The van der Waals surface area contributed by atoms with Gasteiger partial charge in [0.15, 0.2) is 0 Å². The van der Waals surface area contributed by atoms with Gasteiger partial charge in [-0.1, -0.05) is 37.6 Å². The van der Waals surface area contributed by atoms with Gasteiger partial charge in [-0.25, -0.2) is 4.68 Å². The summed E-state index contributed by atoms with van der Waals surface area (Å²) in [4.78, 5) is 31.6. The molecule has 0 spiro atoms. The van der Waals surface area contributed by atoms with Gasteiger partial charge in [-0.3, -0.25) is 14.6 Å². The predicted molar refractivity (Wildman–Crippen MR) is 110 cm³/mol. The van der Waals surface area contributed by atoms with E-state index >= 15 is 0 Å². The third-order valence-corrected chi connectivity index (χ3v) is 4.84. The van der Waals surface area contributed by atoms with Crippen molar-refractivity contribution in [1.82, 2.24) is 19.7 Å². The Kier molecular flexibility index (Phi) is 6.53. The summed E-state index contributed by atoms with van der Waals surface area (Å²) < 4.78 is 1.31. The molecule has 0 N–H and O–H groups in total. The number of hydrogen-bond acceptors (Lipinski definition) is 4. The molecule has 6 heteroatoms. The molecule has 0 aliphatic heterocycles. The first kappa shape index (κ1) is 19.7. The van der Waals surface area contributed by atoms with Crippen LogP contribution >= 0.6 is 0 Å². The number of rotatable bonds is 8. The summed E-state index contributed by atoms with van der Waals surface area (Å²) in [5, 5.41) is 5.96. The van der Waals surface area contributed by atoms with Crippen LogP contribution in [0.4, 0.5) is 0 Å². The maximum Gasteiger partial charge on any atom is 0.275 e. The fourth-order valence-corrected chi connectivity index (χ4v) is 3.28. The first-order valence-corrected chi connectivity index (χ1v) is 9.79. The van der Waals surface area contributed by atoms with Gasteiger partial charge in [-0.15, -0.1) is 0 Å². The Balaban J connectivity index is 1.97. The van der Waals surface area contributed by atoms with Crippen LogP contribution in [0.1, 0.15) is 37.9 Å². The van der Waals surface area contributed by atoms with Gasteiger partial charge >= 0.3 is 0 Å². The second kappa shape index (κ2) is 9.26. The minimum Gasteiger partial charge on any atom is -0.341 e. The van der Waals surface area contributed by atoms with Gasteiger partial charge in [0, 0.05) is 37.3 Å². The second-order valence-electron chi connectivity index (χ2n) is 6.82. The SMILES string of the molecule is CCCCN(CC)C(=O)Cn1nc(Cc2cccnc2)c2ccccc2c1=O. The fraction of sp³-hybridized carbons (Fsp3) is 0.364. The summed E-state index contributed by atoms with van der Waals surface area (Å²) in [6.07, 6.45) is 6.04. The van der Waals surface area contributed by atoms with Gasteiger partial charge in [0.2, 0.25) is 5.91 Å². The van der Waals surface area contributed by atoms with Crippen LogP contribution in [0.2, 0.25) is 0 Å². The van der Waals surface area contributed by atoms with E-state index in [1.165, 1.54) is 4.68 Å². The van der Waals surface area contributed by atoms with Crippen molar-refractivity contribution in [2.75, 3.05) is 13.1 Å². The lowest BCUT2D eigenvalue weighted by Crippen LogP contribution is -2.38. The average molecular weight is 378 g/mol. The van der Waals surface area contributed by atoms with Crippen LogP contribution in [-0.2, 0) is 17.8 Å². The van der Waals surface area contributed by atoms with Crippen molar-refractivity contribution in [1.29, 1.82) is 0 Å². The number of likely N-dealkylation sites (N-methyl/N-ethyl adjacent to an activating group) is 1. The first-order chi connectivity index (χ1) is 13.6. The topological polar surface area (TPSA) is 68.1 Å². The van der Waals surface area contributed by atoms with Crippen LogP contribution < -0.4 is 5.56 Å². The Morgan fingerprint density at radius 3 is 2.57 bits per heavy atom. The lowest BCUT2D eigenvalue weighted by atomic mass is 10.1. The van der Waals surface area contributed by atoms with Crippen LogP contribution in [-0.4, -0.2) is 38.7 Å². The number of fused-ring (bicyclic) bond motifs is 1. The molecular formula is C22H26N4O2. The largest absolute Gasteiger partial charge is 0.341 e.